The highest BCUT2D eigenvalue weighted by Crippen LogP contribution is 2.29. The van der Waals surface area contributed by atoms with E-state index in [9.17, 15) is 14.4 Å². The van der Waals surface area contributed by atoms with Crippen molar-refractivity contribution in [3.63, 3.8) is 0 Å². The van der Waals surface area contributed by atoms with E-state index in [0.717, 1.165) is 17.7 Å². The number of benzene rings is 2. The van der Waals surface area contributed by atoms with E-state index in [4.69, 9.17) is 0 Å². The summed E-state index contributed by atoms with van der Waals surface area (Å²) in [6.07, 6.45) is 0.184. The Bertz CT molecular complexity index is 862. The van der Waals surface area contributed by atoms with Crippen LogP contribution >= 0.6 is 0 Å². The van der Waals surface area contributed by atoms with Gasteiger partial charge in [0.15, 0.2) is 0 Å². The van der Waals surface area contributed by atoms with Crippen molar-refractivity contribution in [2.24, 2.45) is 0 Å². The first-order valence-electron chi connectivity index (χ1n) is 8.15. The standard InChI is InChI=1S/C19H19N3O4/c1-12(23)22-10-9-13-11-14(3-8-17(13)22)18(24)20-15-4-6-16(7-5-15)21-19(25)26-2/h3-8,11H,9-10H2,1-2H3,(H,20,24)(H,21,25). The molecule has 26 heavy (non-hydrogen) atoms. The largest absolute Gasteiger partial charge is 0.453 e. The van der Waals surface area contributed by atoms with Crippen molar-refractivity contribution in [3.05, 3.63) is 53.6 Å². The molecule has 0 bridgehead atoms. The van der Waals surface area contributed by atoms with Crippen molar-refractivity contribution in [1.82, 2.24) is 0 Å². The van der Waals surface area contributed by atoms with Gasteiger partial charge in [-0.1, -0.05) is 0 Å². The van der Waals surface area contributed by atoms with Crippen molar-refractivity contribution in [1.29, 1.82) is 0 Å². The molecule has 0 spiro atoms. The lowest BCUT2D eigenvalue weighted by Gasteiger charge is -2.14. The van der Waals surface area contributed by atoms with Crippen molar-refractivity contribution in [2.45, 2.75) is 13.3 Å². The molecular formula is C19H19N3O4. The highest BCUT2D eigenvalue weighted by molar-refractivity contribution is 6.05. The van der Waals surface area contributed by atoms with E-state index in [1.165, 1.54) is 14.0 Å². The molecule has 3 rings (SSSR count). The van der Waals surface area contributed by atoms with Gasteiger partial charge < -0.3 is 15.0 Å². The molecule has 1 aliphatic heterocycles. The lowest BCUT2D eigenvalue weighted by molar-refractivity contribution is -0.116. The van der Waals surface area contributed by atoms with Crippen LogP contribution in [0, 0.1) is 0 Å². The fourth-order valence-electron chi connectivity index (χ4n) is 2.88. The molecule has 0 aromatic heterocycles. The average molecular weight is 353 g/mol. The molecule has 2 aromatic carbocycles. The number of nitrogens with one attached hydrogen (secondary N) is 2. The summed E-state index contributed by atoms with van der Waals surface area (Å²) < 4.78 is 4.52. The van der Waals surface area contributed by atoms with Gasteiger partial charge in [0, 0.05) is 36.1 Å². The van der Waals surface area contributed by atoms with Crippen LogP contribution in [0.5, 0.6) is 0 Å². The van der Waals surface area contributed by atoms with E-state index < -0.39 is 6.09 Å². The van der Waals surface area contributed by atoms with Gasteiger partial charge in [0.1, 0.15) is 0 Å². The van der Waals surface area contributed by atoms with E-state index in [2.05, 4.69) is 15.4 Å². The number of anilines is 3. The first kappa shape index (κ1) is 17.5. The maximum Gasteiger partial charge on any atom is 0.411 e. The summed E-state index contributed by atoms with van der Waals surface area (Å²) in [7, 11) is 1.29. The number of hydrogen-bond acceptors (Lipinski definition) is 4. The molecule has 2 aromatic rings. The van der Waals surface area contributed by atoms with Crippen LogP contribution in [0.4, 0.5) is 21.9 Å². The van der Waals surface area contributed by atoms with Crippen LogP contribution in [0.2, 0.25) is 0 Å². The van der Waals surface area contributed by atoms with Crippen molar-refractivity contribution in [2.75, 3.05) is 29.2 Å². The van der Waals surface area contributed by atoms with Gasteiger partial charge in [0.05, 0.1) is 7.11 Å². The van der Waals surface area contributed by atoms with Crippen LogP contribution in [0.25, 0.3) is 0 Å². The minimum atomic E-state index is -0.556. The van der Waals surface area contributed by atoms with Crippen LogP contribution < -0.4 is 15.5 Å². The van der Waals surface area contributed by atoms with Gasteiger partial charge in [-0.2, -0.15) is 0 Å². The van der Waals surface area contributed by atoms with Crippen LogP contribution in [0.15, 0.2) is 42.5 Å². The summed E-state index contributed by atoms with van der Waals surface area (Å²) in [4.78, 5) is 36.9. The summed E-state index contributed by atoms with van der Waals surface area (Å²) in [5.41, 5.74) is 3.57. The lowest BCUT2D eigenvalue weighted by atomic mass is 10.1. The molecule has 2 N–H and O–H groups in total. The number of methoxy groups -OCH3 is 1. The number of amides is 3. The third-order valence-electron chi connectivity index (χ3n) is 4.19. The van der Waals surface area contributed by atoms with Gasteiger partial charge in [-0.25, -0.2) is 4.79 Å². The molecule has 134 valence electrons. The topological polar surface area (TPSA) is 87.7 Å². The molecule has 3 amide bonds. The molecule has 0 aliphatic carbocycles. The molecule has 1 heterocycles. The van der Waals surface area contributed by atoms with E-state index in [0.29, 0.717) is 23.5 Å². The fraction of sp³-hybridized carbons (Fsp3) is 0.211. The Morgan fingerprint density at radius 1 is 1.00 bits per heavy atom. The molecule has 0 radical (unpaired) electrons. The summed E-state index contributed by atoms with van der Waals surface area (Å²) in [6.45, 7) is 2.18. The van der Waals surface area contributed by atoms with Gasteiger partial charge in [-0.05, 0) is 54.4 Å². The summed E-state index contributed by atoms with van der Waals surface area (Å²) in [6, 6.07) is 12.0. The SMILES string of the molecule is COC(=O)Nc1ccc(NC(=O)c2ccc3c(c2)CCN3C(C)=O)cc1. The maximum atomic E-state index is 12.5. The Hall–Kier alpha value is -3.35. The normalized spacial score (nSPS) is 12.3. The Balaban J connectivity index is 1.69. The second kappa shape index (κ2) is 7.26. The van der Waals surface area contributed by atoms with Gasteiger partial charge in [0.25, 0.3) is 5.91 Å². The van der Waals surface area contributed by atoms with E-state index in [1.807, 2.05) is 12.1 Å². The molecule has 0 atom stereocenters. The number of carbonyl (C=O) groups is 3. The van der Waals surface area contributed by atoms with Crippen molar-refractivity contribution < 1.29 is 19.1 Å². The van der Waals surface area contributed by atoms with Gasteiger partial charge in [-0.3, -0.25) is 14.9 Å². The van der Waals surface area contributed by atoms with Crippen molar-refractivity contribution >= 4 is 35.0 Å². The maximum absolute atomic E-state index is 12.5. The van der Waals surface area contributed by atoms with E-state index >= 15 is 0 Å². The van der Waals surface area contributed by atoms with Crippen molar-refractivity contribution in [3.8, 4) is 0 Å². The molecule has 1 aliphatic rings. The predicted molar refractivity (Wildman–Crippen MR) is 98.6 cm³/mol. The zero-order chi connectivity index (χ0) is 18.7. The molecule has 7 nitrogen and oxygen atoms in total. The quantitative estimate of drug-likeness (QED) is 0.888. The highest BCUT2D eigenvalue weighted by atomic mass is 16.5. The monoisotopic (exact) mass is 353 g/mol. The minimum absolute atomic E-state index is 0.00149. The zero-order valence-electron chi connectivity index (χ0n) is 14.5. The summed E-state index contributed by atoms with van der Waals surface area (Å²) >= 11 is 0. The molecular weight excluding hydrogens is 334 g/mol. The zero-order valence-corrected chi connectivity index (χ0v) is 14.5. The number of rotatable bonds is 3. The van der Waals surface area contributed by atoms with E-state index in [1.54, 1.807) is 35.2 Å². The summed E-state index contributed by atoms with van der Waals surface area (Å²) in [5, 5.41) is 5.35. The smallest absolute Gasteiger partial charge is 0.411 e. The Morgan fingerprint density at radius 3 is 2.27 bits per heavy atom. The molecule has 0 fully saturated rings. The second-order valence-corrected chi connectivity index (χ2v) is 5.91. The van der Waals surface area contributed by atoms with Crippen LogP contribution in [0.3, 0.4) is 0 Å². The molecule has 0 unspecified atom stereocenters. The first-order valence-corrected chi connectivity index (χ1v) is 8.15. The Morgan fingerprint density at radius 2 is 1.65 bits per heavy atom. The van der Waals surface area contributed by atoms with Gasteiger partial charge >= 0.3 is 6.09 Å². The number of hydrogen-bond donors (Lipinski definition) is 2. The first-order chi connectivity index (χ1) is 12.5. The number of ether oxygens (including phenoxy) is 1. The van der Waals surface area contributed by atoms with Gasteiger partial charge in [0.2, 0.25) is 5.91 Å². The predicted octanol–water partition coefficient (Wildman–Crippen LogP) is 3.03. The van der Waals surface area contributed by atoms with Crippen LogP contribution in [0.1, 0.15) is 22.8 Å². The Labute approximate surface area is 150 Å². The Kier molecular flexibility index (Phi) is 4.88. The third kappa shape index (κ3) is 3.66. The lowest BCUT2D eigenvalue weighted by Crippen LogP contribution is -2.25. The van der Waals surface area contributed by atoms with Gasteiger partial charge in [-0.15, -0.1) is 0 Å². The third-order valence-corrected chi connectivity index (χ3v) is 4.19. The fourth-order valence-corrected chi connectivity index (χ4v) is 2.88. The number of nitrogens with zero attached hydrogens (tertiary/aromatic N) is 1. The summed E-state index contributed by atoms with van der Waals surface area (Å²) in [5.74, 6) is -0.232. The minimum Gasteiger partial charge on any atom is -0.453 e. The number of fused-ring (bicyclic) bond motifs is 1. The second-order valence-electron chi connectivity index (χ2n) is 5.91. The molecule has 0 saturated heterocycles. The van der Waals surface area contributed by atoms with Crippen LogP contribution in [-0.2, 0) is 16.0 Å². The van der Waals surface area contributed by atoms with E-state index in [-0.39, 0.29) is 11.8 Å². The average Bonchev–Trinajstić information content (AvgIpc) is 3.06. The highest BCUT2D eigenvalue weighted by Gasteiger charge is 2.23. The van der Waals surface area contributed by atoms with Crippen LogP contribution in [-0.4, -0.2) is 31.6 Å². The number of carbonyl (C=O) groups excluding carboxylic acids is 3. The molecule has 7 heteroatoms. The molecule has 0 saturated carbocycles.